The molecule has 0 saturated carbocycles. The summed E-state index contributed by atoms with van der Waals surface area (Å²) in [6, 6.07) is 5.74. The Morgan fingerprint density at radius 2 is 1.94 bits per heavy atom. The van der Waals surface area contributed by atoms with Crippen LogP contribution in [0.2, 0.25) is 0 Å². The number of pyridine rings is 1. The fourth-order valence-corrected chi connectivity index (χ4v) is 3.54. The number of nitrogens with zero attached hydrogens (tertiary/aromatic N) is 1. The normalized spacial score (nSPS) is 17.2. The van der Waals surface area contributed by atoms with Gasteiger partial charge in [-0.1, -0.05) is 0 Å². The molecule has 31 heavy (non-hydrogen) atoms. The Hall–Kier alpha value is -2.91. The number of H-pyrrole nitrogens is 1. The molecule has 3 aromatic rings. The van der Waals surface area contributed by atoms with Crippen LogP contribution in [0.1, 0.15) is 43.7 Å². The predicted octanol–water partition coefficient (Wildman–Crippen LogP) is 2.94. The van der Waals surface area contributed by atoms with E-state index in [1.807, 2.05) is 40.0 Å². The highest BCUT2D eigenvalue weighted by Gasteiger charge is 2.52. The number of methoxy groups -OCH3 is 1. The van der Waals surface area contributed by atoms with Gasteiger partial charge >= 0.3 is 7.12 Å². The van der Waals surface area contributed by atoms with Crippen LogP contribution in [0.15, 0.2) is 36.7 Å². The summed E-state index contributed by atoms with van der Waals surface area (Å²) in [6.07, 6.45) is 3.52. The fraction of sp³-hybridized carbons (Fsp3) is 0.364. The summed E-state index contributed by atoms with van der Waals surface area (Å²) in [5, 5.41) is 3.69. The topological polar surface area (TPSA) is 85.5 Å². The van der Waals surface area contributed by atoms with Crippen molar-refractivity contribution in [2.24, 2.45) is 0 Å². The van der Waals surface area contributed by atoms with Crippen LogP contribution >= 0.6 is 0 Å². The standard InChI is InChI=1S/C22H25BFN3O4/c1-21(2)22(3,4)31-23(30-21)16-11-26-17(19-14(16)8-9-25-19)12-27-20(28)15-10-13(24)6-7-18(15)29-5/h6-11,25H,12H2,1-5H3,(H,27,28). The third-order valence-electron chi connectivity index (χ3n) is 6.04. The molecular formula is C22H25BFN3O4. The van der Waals surface area contributed by atoms with Gasteiger partial charge in [-0.15, -0.1) is 0 Å². The van der Waals surface area contributed by atoms with E-state index in [1.165, 1.54) is 19.2 Å². The molecule has 0 unspecified atom stereocenters. The minimum Gasteiger partial charge on any atom is -0.496 e. The average Bonchev–Trinajstić information content (AvgIpc) is 3.28. The van der Waals surface area contributed by atoms with E-state index < -0.39 is 30.0 Å². The van der Waals surface area contributed by atoms with Gasteiger partial charge in [0.15, 0.2) is 0 Å². The fourth-order valence-electron chi connectivity index (χ4n) is 3.54. The number of rotatable bonds is 5. The Kier molecular flexibility index (Phi) is 5.27. The summed E-state index contributed by atoms with van der Waals surface area (Å²) < 4.78 is 31.1. The van der Waals surface area contributed by atoms with Gasteiger partial charge in [0.25, 0.3) is 5.91 Å². The quantitative estimate of drug-likeness (QED) is 0.614. The first-order valence-electron chi connectivity index (χ1n) is 10.1. The van der Waals surface area contributed by atoms with Crippen molar-refractivity contribution in [3.05, 3.63) is 53.7 Å². The molecule has 9 heteroatoms. The Bertz CT molecular complexity index is 1130. The summed E-state index contributed by atoms with van der Waals surface area (Å²) in [4.78, 5) is 20.3. The molecule has 2 aromatic heterocycles. The second-order valence-corrected chi connectivity index (χ2v) is 8.54. The van der Waals surface area contributed by atoms with Crippen molar-refractivity contribution in [3.63, 3.8) is 0 Å². The number of ether oxygens (including phenoxy) is 1. The summed E-state index contributed by atoms with van der Waals surface area (Å²) in [5.74, 6) is -0.663. The maximum atomic E-state index is 13.6. The van der Waals surface area contributed by atoms with Crippen LogP contribution in [0.3, 0.4) is 0 Å². The molecule has 3 heterocycles. The first-order valence-corrected chi connectivity index (χ1v) is 10.1. The number of amides is 1. The smallest absolute Gasteiger partial charge is 0.496 e. The van der Waals surface area contributed by atoms with E-state index in [9.17, 15) is 9.18 Å². The molecule has 0 aliphatic carbocycles. The first kappa shape index (κ1) is 21.3. The molecule has 1 fully saturated rings. The van der Waals surface area contributed by atoms with E-state index in [0.717, 1.165) is 22.4 Å². The van der Waals surface area contributed by atoms with Gasteiger partial charge in [0.05, 0.1) is 41.6 Å². The zero-order chi connectivity index (χ0) is 22.4. The third kappa shape index (κ3) is 3.79. The van der Waals surface area contributed by atoms with Gasteiger partial charge < -0.3 is 24.3 Å². The highest BCUT2D eigenvalue weighted by Crippen LogP contribution is 2.37. The Balaban J connectivity index is 1.57. The second kappa shape index (κ2) is 7.65. The molecule has 1 aliphatic heterocycles. The molecule has 4 rings (SSSR count). The number of benzene rings is 1. The molecule has 0 radical (unpaired) electrons. The highest BCUT2D eigenvalue weighted by atomic mass is 19.1. The average molecular weight is 425 g/mol. The number of nitrogens with one attached hydrogen (secondary N) is 2. The van der Waals surface area contributed by atoms with Crippen molar-refractivity contribution in [3.8, 4) is 5.75 Å². The summed E-state index contributed by atoms with van der Waals surface area (Å²) >= 11 is 0. The third-order valence-corrected chi connectivity index (χ3v) is 6.04. The largest absolute Gasteiger partial charge is 0.497 e. The van der Waals surface area contributed by atoms with E-state index in [-0.39, 0.29) is 12.1 Å². The summed E-state index contributed by atoms with van der Waals surface area (Å²) in [7, 11) is 0.888. The molecule has 7 nitrogen and oxygen atoms in total. The Morgan fingerprint density at radius 1 is 1.23 bits per heavy atom. The van der Waals surface area contributed by atoms with Crippen molar-refractivity contribution in [2.45, 2.75) is 45.4 Å². The first-order chi connectivity index (χ1) is 14.6. The van der Waals surface area contributed by atoms with Crippen LogP contribution in [0.4, 0.5) is 4.39 Å². The number of hydrogen-bond acceptors (Lipinski definition) is 5. The van der Waals surface area contributed by atoms with Crippen molar-refractivity contribution in [2.75, 3.05) is 7.11 Å². The molecule has 162 valence electrons. The Labute approximate surface area is 180 Å². The lowest BCUT2D eigenvalue weighted by atomic mass is 9.78. The van der Waals surface area contributed by atoms with Gasteiger partial charge in [-0.2, -0.15) is 0 Å². The van der Waals surface area contributed by atoms with Crippen LogP contribution in [0.5, 0.6) is 5.75 Å². The lowest BCUT2D eigenvalue weighted by Crippen LogP contribution is -2.41. The number of fused-ring (bicyclic) bond motifs is 1. The van der Waals surface area contributed by atoms with Gasteiger partial charge in [0, 0.05) is 23.2 Å². The number of carbonyl (C=O) groups excluding carboxylic acids is 1. The number of aromatic nitrogens is 2. The maximum absolute atomic E-state index is 13.6. The molecule has 1 aliphatic rings. The highest BCUT2D eigenvalue weighted by molar-refractivity contribution is 6.65. The lowest BCUT2D eigenvalue weighted by molar-refractivity contribution is 0.00578. The van der Waals surface area contributed by atoms with Crippen LogP contribution in [0.25, 0.3) is 10.9 Å². The van der Waals surface area contributed by atoms with Gasteiger partial charge in [-0.25, -0.2) is 4.39 Å². The molecule has 1 aromatic carbocycles. The number of carbonyl (C=O) groups is 1. The van der Waals surface area contributed by atoms with Crippen LogP contribution in [0, 0.1) is 5.82 Å². The van der Waals surface area contributed by atoms with Crippen LogP contribution in [-0.4, -0.2) is 41.3 Å². The molecular weight excluding hydrogens is 400 g/mol. The van der Waals surface area contributed by atoms with E-state index in [0.29, 0.717) is 11.4 Å². The molecule has 0 bridgehead atoms. The second-order valence-electron chi connectivity index (χ2n) is 8.54. The van der Waals surface area contributed by atoms with Crippen LogP contribution < -0.4 is 15.5 Å². The molecule has 1 saturated heterocycles. The zero-order valence-electron chi connectivity index (χ0n) is 18.2. The number of aromatic amines is 1. The maximum Gasteiger partial charge on any atom is 0.497 e. The number of halogens is 1. The van der Waals surface area contributed by atoms with E-state index in [2.05, 4.69) is 15.3 Å². The monoisotopic (exact) mass is 425 g/mol. The zero-order valence-corrected chi connectivity index (χ0v) is 18.2. The van der Waals surface area contributed by atoms with Gasteiger partial charge in [-0.05, 0) is 52.0 Å². The molecule has 1 amide bonds. The van der Waals surface area contributed by atoms with Gasteiger partial charge in [0.1, 0.15) is 11.6 Å². The van der Waals surface area contributed by atoms with E-state index in [4.69, 9.17) is 14.0 Å². The minimum atomic E-state index is -0.545. The van der Waals surface area contributed by atoms with Gasteiger partial charge in [-0.3, -0.25) is 9.78 Å². The van der Waals surface area contributed by atoms with Crippen molar-refractivity contribution < 1.29 is 23.2 Å². The molecule has 0 atom stereocenters. The van der Waals surface area contributed by atoms with Crippen molar-refractivity contribution in [1.29, 1.82) is 0 Å². The van der Waals surface area contributed by atoms with Crippen LogP contribution in [-0.2, 0) is 15.9 Å². The SMILES string of the molecule is COc1ccc(F)cc1C(=O)NCc1ncc(B2OC(C)(C)C(C)(C)O2)c2cc[nH]c12. The van der Waals surface area contributed by atoms with E-state index in [1.54, 1.807) is 6.20 Å². The minimum absolute atomic E-state index is 0.124. The van der Waals surface area contributed by atoms with E-state index >= 15 is 0 Å². The van der Waals surface area contributed by atoms with Crippen molar-refractivity contribution >= 4 is 29.4 Å². The number of hydrogen-bond donors (Lipinski definition) is 2. The summed E-state index contributed by atoms with van der Waals surface area (Å²) in [6.45, 7) is 8.15. The molecule has 2 N–H and O–H groups in total. The van der Waals surface area contributed by atoms with Crippen molar-refractivity contribution in [1.82, 2.24) is 15.3 Å². The summed E-state index contributed by atoms with van der Waals surface area (Å²) in [5.41, 5.74) is 1.44. The lowest BCUT2D eigenvalue weighted by Gasteiger charge is -2.32. The van der Waals surface area contributed by atoms with Gasteiger partial charge in [0.2, 0.25) is 0 Å². The Morgan fingerprint density at radius 3 is 2.61 bits per heavy atom. The predicted molar refractivity (Wildman–Crippen MR) is 116 cm³/mol. The molecule has 0 spiro atoms.